The van der Waals surface area contributed by atoms with Crippen molar-refractivity contribution in [2.45, 2.75) is 25.1 Å². The molecule has 0 bridgehead atoms. The van der Waals surface area contributed by atoms with Crippen LogP contribution in [0.3, 0.4) is 0 Å². The Bertz CT molecular complexity index is 387. The van der Waals surface area contributed by atoms with Gasteiger partial charge in [-0.3, -0.25) is 10.1 Å². The van der Waals surface area contributed by atoms with Gasteiger partial charge in [0.2, 0.25) is 0 Å². The van der Waals surface area contributed by atoms with Gasteiger partial charge in [-0.15, -0.1) is 6.58 Å². The Hall–Kier alpha value is -1.65. The first-order valence-electron chi connectivity index (χ1n) is 5.35. The number of hydrogen-bond donors (Lipinski definition) is 3. The quantitative estimate of drug-likeness (QED) is 0.518. The topological polar surface area (TPSA) is 69.6 Å². The van der Waals surface area contributed by atoms with E-state index in [0.29, 0.717) is 5.56 Å². The van der Waals surface area contributed by atoms with E-state index < -0.39 is 17.7 Å². The van der Waals surface area contributed by atoms with Crippen LogP contribution in [0.15, 0.2) is 43.0 Å². The highest BCUT2D eigenvalue weighted by Gasteiger charge is 2.28. The van der Waals surface area contributed by atoms with Crippen LogP contribution in [0.5, 0.6) is 0 Å². The van der Waals surface area contributed by atoms with Crippen molar-refractivity contribution in [2.75, 3.05) is 0 Å². The van der Waals surface area contributed by atoms with E-state index in [2.05, 4.69) is 11.9 Å². The number of nitrogens with one attached hydrogen (secondary N) is 1. The first-order chi connectivity index (χ1) is 7.96. The molecule has 0 radical (unpaired) electrons. The van der Waals surface area contributed by atoms with Crippen molar-refractivity contribution < 1.29 is 15.0 Å². The maximum absolute atomic E-state index is 11.2. The zero-order chi connectivity index (χ0) is 12.9. The highest BCUT2D eigenvalue weighted by Crippen LogP contribution is 2.18. The molecule has 0 aromatic heterocycles. The first-order valence-corrected chi connectivity index (χ1v) is 5.35. The minimum Gasteiger partial charge on any atom is -0.480 e. The van der Waals surface area contributed by atoms with Crippen LogP contribution in [-0.2, 0) is 4.79 Å². The number of carboxylic acids is 1. The van der Waals surface area contributed by atoms with Gasteiger partial charge in [0, 0.05) is 6.42 Å². The number of aliphatic carboxylic acids is 1. The Morgan fingerprint density at radius 2 is 2.12 bits per heavy atom. The molecule has 0 saturated carbocycles. The summed E-state index contributed by atoms with van der Waals surface area (Å²) in [6.45, 7) is 5.04. The third-order valence-electron chi connectivity index (χ3n) is 2.38. The summed E-state index contributed by atoms with van der Waals surface area (Å²) in [5, 5.41) is 21.8. The van der Waals surface area contributed by atoms with Crippen molar-refractivity contribution in [1.82, 2.24) is 5.32 Å². The fourth-order valence-corrected chi connectivity index (χ4v) is 1.58. The van der Waals surface area contributed by atoms with E-state index in [-0.39, 0.29) is 6.42 Å². The number of rotatable bonds is 6. The highest BCUT2D eigenvalue weighted by atomic mass is 16.4. The van der Waals surface area contributed by atoms with Gasteiger partial charge in [0.1, 0.15) is 11.8 Å². The van der Waals surface area contributed by atoms with Gasteiger partial charge in [-0.1, -0.05) is 36.4 Å². The first kappa shape index (κ1) is 13.4. The Balaban J connectivity index is 2.89. The Morgan fingerprint density at radius 1 is 1.53 bits per heavy atom. The van der Waals surface area contributed by atoms with Crippen LogP contribution in [0.25, 0.3) is 0 Å². The van der Waals surface area contributed by atoms with E-state index in [1.54, 1.807) is 24.3 Å². The maximum Gasteiger partial charge on any atom is 0.325 e. The molecule has 0 spiro atoms. The lowest BCUT2D eigenvalue weighted by atomic mass is 10.0. The van der Waals surface area contributed by atoms with Crippen molar-refractivity contribution >= 4 is 5.97 Å². The van der Waals surface area contributed by atoms with Gasteiger partial charge in [0.15, 0.2) is 0 Å². The number of carboxylic acid groups (broad SMARTS) is 1. The van der Waals surface area contributed by atoms with Crippen molar-refractivity contribution in [3.05, 3.63) is 48.6 Å². The van der Waals surface area contributed by atoms with Crippen LogP contribution in [0.1, 0.15) is 24.9 Å². The van der Waals surface area contributed by atoms with Crippen molar-refractivity contribution in [2.24, 2.45) is 0 Å². The number of carbonyl (C=O) groups is 1. The predicted octanol–water partition coefficient (Wildman–Crippen LogP) is 1.69. The predicted molar refractivity (Wildman–Crippen MR) is 65.4 cm³/mol. The fourth-order valence-electron chi connectivity index (χ4n) is 1.58. The van der Waals surface area contributed by atoms with Gasteiger partial charge in [0.25, 0.3) is 0 Å². The molecule has 4 nitrogen and oxygen atoms in total. The molecule has 1 aromatic carbocycles. The molecule has 0 saturated heterocycles. The molecule has 0 fully saturated rings. The summed E-state index contributed by atoms with van der Waals surface area (Å²) >= 11 is 0. The smallest absolute Gasteiger partial charge is 0.325 e. The van der Waals surface area contributed by atoms with Crippen LogP contribution in [0.2, 0.25) is 0 Å². The molecule has 3 N–H and O–H groups in total. The zero-order valence-corrected chi connectivity index (χ0v) is 9.76. The summed E-state index contributed by atoms with van der Waals surface area (Å²) in [5.41, 5.74) is -0.690. The van der Waals surface area contributed by atoms with E-state index in [4.69, 9.17) is 5.11 Å². The molecule has 1 rings (SSSR count). The zero-order valence-electron chi connectivity index (χ0n) is 9.76. The van der Waals surface area contributed by atoms with Gasteiger partial charge in [-0.25, -0.2) is 0 Å². The van der Waals surface area contributed by atoms with E-state index >= 15 is 0 Å². The second-order valence-electron chi connectivity index (χ2n) is 4.09. The number of hydrogen-bond acceptors (Lipinski definition) is 3. The van der Waals surface area contributed by atoms with Crippen molar-refractivity contribution in [3.63, 3.8) is 0 Å². The Kier molecular flexibility index (Phi) is 4.43. The molecule has 0 aliphatic heterocycles. The van der Waals surface area contributed by atoms with E-state index in [1.165, 1.54) is 13.0 Å². The van der Waals surface area contributed by atoms with Gasteiger partial charge in [0.05, 0.1) is 0 Å². The molecular weight excluding hydrogens is 218 g/mol. The SMILES string of the molecule is C=CCC(C)(O)NC(C(=O)O)c1ccccc1. The number of benzene rings is 1. The molecule has 17 heavy (non-hydrogen) atoms. The minimum absolute atomic E-state index is 0.267. The van der Waals surface area contributed by atoms with Crippen LogP contribution in [0.4, 0.5) is 0 Å². The summed E-state index contributed by atoms with van der Waals surface area (Å²) in [4.78, 5) is 11.2. The molecule has 1 aromatic rings. The molecule has 2 atom stereocenters. The fraction of sp³-hybridized carbons (Fsp3) is 0.308. The average molecular weight is 235 g/mol. The Morgan fingerprint density at radius 3 is 2.59 bits per heavy atom. The molecular formula is C13H17NO3. The Labute approximate surface area is 101 Å². The third-order valence-corrected chi connectivity index (χ3v) is 2.38. The standard InChI is InChI=1S/C13H17NO3/c1-3-9-13(2,17)14-11(12(15)16)10-7-5-4-6-8-10/h3-8,11,14,17H,1,9H2,2H3,(H,15,16). The highest BCUT2D eigenvalue weighted by molar-refractivity contribution is 5.75. The average Bonchev–Trinajstić information content (AvgIpc) is 2.27. The van der Waals surface area contributed by atoms with E-state index in [1.807, 2.05) is 6.07 Å². The minimum atomic E-state index is -1.29. The van der Waals surface area contributed by atoms with Gasteiger partial charge in [-0.05, 0) is 12.5 Å². The van der Waals surface area contributed by atoms with E-state index in [0.717, 1.165) is 0 Å². The summed E-state index contributed by atoms with van der Waals surface area (Å²) in [7, 11) is 0. The molecule has 0 amide bonds. The van der Waals surface area contributed by atoms with Crippen molar-refractivity contribution in [1.29, 1.82) is 0 Å². The summed E-state index contributed by atoms with van der Waals surface area (Å²) < 4.78 is 0. The number of aliphatic hydroxyl groups is 1. The summed E-state index contributed by atoms with van der Waals surface area (Å²) in [5.74, 6) is -1.03. The second-order valence-corrected chi connectivity index (χ2v) is 4.09. The molecule has 0 aliphatic carbocycles. The largest absolute Gasteiger partial charge is 0.480 e. The maximum atomic E-state index is 11.2. The normalized spacial score (nSPS) is 15.9. The van der Waals surface area contributed by atoms with Crippen LogP contribution in [0, 0.1) is 0 Å². The van der Waals surface area contributed by atoms with Crippen LogP contribution in [-0.4, -0.2) is 21.9 Å². The monoisotopic (exact) mass is 235 g/mol. The lowest BCUT2D eigenvalue weighted by Gasteiger charge is -2.27. The lowest BCUT2D eigenvalue weighted by Crippen LogP contribution is -2.46. The third kappa shape index (κ3) is 4.01. The molecule has 4 heteroatoms. The van der Waals surface area contributed by atoms with Gasteiger partial charge in [-0.2, -0.15) is 0 Å². The van der Waals surface area contributed by atoms with Crippen LogP contribution < -0.4 is 5.32 Å². The molecule has 0 aliphatic rings. The van der Waals surface area contributed by atoms with Crippen LogP contribution >= 0.6 is 0 Å². The van der Waals surface area contributed by atoms with Gasteiger partial charge >= 0.3 is 5.97 Å². The molecule has 92 valence electrons. The summed E-state index contributed by atoms with van der Waals surface area (Å²) in [6.07, 6.45) is 1.81. The molecule has 0 heterocycles. The lowest BCUT2D eigenvalue weighted by molar-refractivity contribution is -0.142. The second kappa shape index (κ2) is 5.61. The molecule has 2 unspecified atom stereocenters. The van der Waals surface area contributed by atoms with Crippen molar-refractivity contribution in [3.8, 4) is 0 Å². The summed E-state index contributed by atoms with van der Waals surface area (Å²) in [6, 6.07) is 7.80. The van der Waals surface area contributed by atoms with Gasteiger partial charge < -0.3 is 10.2 Å². The van der Waals surface area contributed by atoms with E-state index in [9.17, 15) is 9.90 Å².